The first-order valence-corrected chi connectivity index (χ1v) is 9.53. The summed E-state index contributed by atoms with van der Waals surface area (Å²) in [5.74, 6) is 0.445. The molecule has 0 aromatic carbocycles. The highest BCUT2D eigenvalue weighted by Crippen LogP contribution is 2.31. The molecular formula is C22H36O3. The third kappa shape index (κ3) is 8.04. The Morgan fingerprint density at radius 3 is 2.64 bits per heavy atom. The van der Waals surface area contributed by atoms with Gasteiger partial charge >= 0.3 is 5.97 Å². The van der Waals surface area contributed by atoms with Gasteiger partial charge in [-0.15, -0.1) is 0 Å². The Hall–Kier alpha value is -1.35. The normalized spacial score (nSPS) is 30.3. The standard InChI is InChI=1S/C22H36O3/c1-15(2)8-7-9-17(4)20-12-10-16(3)11-13-21(24)18(5)14-22(20)25-19(6)23/h8,11,14,17,20-22,24H,7,9-10,12-13H2,1-6H3/b16-11+,18-14+/t17?,20-,21-,22-/m0/s1. The van der Waals surface area contributed by atoms with Crippen molar-refractivity contribution in [2.45, 2.75) is 85.9 Å². The van der Waals surface area contributed by atoms with Crippen LogP contribution in [-0.4, -0.2) is 23.3 Å². The predicted molar refractivity (Wildman–Crippen MR) is 104 cm³/mol. The van der Waals surface area contributed by atoms with Crippen LogP contribution in [0.15, 0.2) is 34.9 Å². The number of esters is 1. The van der Waals surface area contributed by atoms with E-state index in [0.29, 0.717) is 12.3 Å². The van der Waals surface area contributed by atoms with E-state index in [1.54, 1.807) is 0 Å². The van der Waals surface area contributed by atoms with E-state index in [1.807, 2.05) is 13.0 Å². The molecule has 1 unspecified atom stereocenters. The van der Waals surface area contributed by atoms with Gasteiger partial charge in [0, 0.05) is 12.8 Å². The number of aliphatic hydroxyl groups is 1. The van der Waals surface area contributed by atoms with Crippen molar-refractivity contribution in [3.8, 4) is 0 Å². The van der Waals surface area contributed by atoms with Gasteiger partial charge < -0.3 is 9.84 Å². The highest BCUT2D eigenvalue weighted by Gasteiger charge is 2.28. The molecule has 1 rings (SSSR count). The topological polar surface area (TPSA) is 46.5 Å². The summed E-state index contributed by atoms with van der Waals surface area (Å²) in [5.41, 5.74) is 3.53. The Labute approximate surface area is 153 Å². The molecule has 0 aromatic rings. The fourth-order valence-corrected chi connectivity index (χ4v) is 3.42. The second-order valence-electron chi connectivity index (χ2n) is 7.83. The minimum absolute atomic E-state index is 0.255. The highest BCUT2D eigenvalue weighted by molar-refractivity contribution is 5.66. The molecule has 1 aliphatic carbocycles. The quantitative estimate of drug-likeness (QED) is 0.538. The zero-order valence-electron chi connectivity index (χ0n) is 16.8. The van der Waals surface area contributed by atoms with Gasteiger partial charge in [0.2, 0.25) is 0 Å². The molecule has 0 saturated heterocycles. The van der Waals surface area contributed by atoms with Crippen molar-refractivity contribution in [3.63, 3.8) is 0 Å². The smallest absolute Gasteiger partial charge is 0.303 e. The van der Waals surface area contributed by atoms with Crippen LogP contribution >= 0.6 is 0 Å². The van der Waals surface area contributed by atoms with Crippen molar-refractivity contribution in [1.82, 2.24) is 0 Å². The van der Waals surface area contributed by atoms with Crippen LogP contribution in [0.5, 0.6) is 0 Å². The second kappa shape index (κ2) is 10.6. The summed E-state index contributed by atoms with van der Waals surface area (Å²) in [6, 6.07) is 0. The largest absolute Gasteiger partial charge is 0.458 e. The monoisotopic (exact) mass is 348 g/mol. The Kier molecular flexibility index (Phi) is 9.20. The molecule has 1 aliphatic rings. The van der Waals surface area contributed by atoms with E-state index in [0.717, 1.165) is 31.3 Å². The fraction of sp³-hybridized carbons (Fsp3) is 0.682. The molecule has 0 radical (unpaired) electrons. The lowest BCUT2D eigenvalue weighted by atomic mass is 9.80. The minimum atomic E-state index is -0.507. The number of carbonyl (C=O) groups is 1. The maximum Gasteiger partial charge on any atom is 0.303 e. The zero-order chi connectivity index (χ0) is 19.0. The molecule has 0 aromatic heterocycles. The minimum Gasteiger partial charge on any atom is -0.458 e. The first-order valence-electron chi connectivity index (χ1n) is 9.53. The van der Waals surface area contributed by atoms with Crippen molar-refractivity contribution in [2.24, 2.45) is 11.8 Å². The summed E-state index contributed by atoms with van der Waals surface area (Å²) in [7, 11) is 0. The molecule has 0 heterocycles. The summed E-state index contributed by atoms with van der Waals surface area (Å²) < 4.78 is 5.68. The number of hydrogen-bond acceptors (Lipinski definition) is 3. The van der Waals surface area contributed by atoms with Crippen molar-refractivity contribution in [3.05, 3.63) is 34.9 Å². The van der Waals surface area contributed by atoms with Crippen LogP contribution in [0.1, 0.15) is 73.6 Å². The molecular weight excluding hydrogens is 312 g/mol. The van der Waals surface area contributed by atoms with Crippen LogP contribution in [0.3, 0.4) is 0 Å². The van der Waals surface area contributed by atoms with Gasteiger partial charge in [-0.05, 0) is 77.4 Å². The SMILES string of the molecule is CC(=O)O[C@H]1/C=C(\C)[C@@H](O)C/C=C(\C)CC[C@H]1C(C)CCC=C(C)C. The Bertz CT molecular complexity index is 523. The van der Waals surface area contributed by atoms with Gasteiger partial charge in [0.15, 0.2) is 0 Å². The molecule has 0 fully saturated rings. The lowest BCUT2D eigenvalue weighted by molar-refractivity contribution is -0.147. The van der Waals surface area contributed by atoms with Crippen molar-refractivity contribution < 1.29 is 14.6 Å². The number of rotatable bonds is 5. The van der Waals surface area contributed by atoms with Gasteiger partial charge in [-0.3, -0.25) is 4.79 Å². The first-order chi connectivity index (χ1) is 11.7. The maximum atomic E-state index is 11.7. The average Bonchev–Trinajstić information content (AvgIpc) is 2.50. The maximum absolute atomic E-state index is 11.7. The molecule has 142 valence electrons. The number of hydrogen-bond donors (Lipinski definition) is 1. The third-order valence-electron chi connectivity index (χ3n) is 5.14. The number of aliphatic hydroxyl groups excluding tert-OH is 1. The molecule has 3 heteroatoms. The first kappa shape index (κ1) is 21.7. The highest BCUT2D eigenvalue weighted by atomic mass is 16.5. The molecule has 3 nitrogen and oxygen atoms in total. The lowest BCUT2D eigenvalue weighted by Gasteiger charge is -2.31. The number of carbonyl (C=O) groups excluding carboxylic acids is 1. The Balaban J connectivity index is 3.05. The molecule has 4 atom stereocenters. The van der Waals surface area contributed by atoms with Crippen LogP contribution < -0.4 is 0 Å². The summed E-state index contributed by atoms with van der Waals surface area (Å²) in [6.45, 7) is 12.0. The summed E-state index contributed by atoms with van der Waals surface area (Å²) in [4.78, 5) is 11.7. The fourth-order valence-electron chi connectivity index (χ4n) is 3.42. The molecule has 0 aliphatic heterocycles. The summed E-state index contributed by atoms with van der Waals surface area (Å²) in [6.07, 6.45) is 10.3. The summed E-state index contributed by atoms with van der Waals surface area (Å²) >= 11 is 0. The van der Waals surface area contributed by atoms with Gasteiger partial charge in [-0.25, -0.2) is 0 Å². The van der Waals surface area contributed by atoms with E-state index in [4.69, 9.17) is 4.74 Å². The molecule has 0 amide bonds. The third-order valence-corrected chi connectivity index (χ3v) is 5.14. The predicted octanol–water partition coefficient (Wildman–Crippen LogP) is 5.35. The summed E-state index contributed by atoms with van der Waals surface area (Å²) in [5, 5.41) is 10.3. The van der Waals surface area contributed by atoms with E-state index >= 15 is 0 Å². The van der Waals surface area contributed by atoms with Gasteiger partial charge in [-0.2, -0.15) is 0 Å². The van der Waals surface area contributed by atoms with Gasteiger partial charge in [-0.1, -0.05) is 30.2 Å². The van der Waals surface area contributed by atoms with Crippen LogP contribution in [0, 0.1) is 11.8 Å². The van der Waals surface area contributed by atoms with E-state index in [-0.39, 0.29) is 18.0 Å². The van der Waals surface area contributed by atoms with Crippen molar-refractivity contribution >= 4 is 5.97 Å². The molecule has 0 spiro atoms. The average molecular weight is 349 g/mol. The van der Waals surface area contributed by atoms with Gasteiger partial charge in [0.05, 0.1) is 6.10 Å². The van der Waals surface area contributed by atoms with E-state index in [1.165, 1.54) is 18.1 Å². The van der Waals surface area contributed by atoms with E-state index in [9.17, 15) is 9.90 Å². The van der Waals surface area contributed by atoms with E-state index in [2.05, 4.69) is 39.8 Å². The molecule has 1 N–H and O–H groups in total. The van der Waals surface area contributed by atoms with Crippen molar-refractivity contribution in [1.29, 1.82) is 0 Å². The number of ether oxygens (including phenoxy) is 1. The van der Waals surface area contributed by atoms with Crippen LogP contribution in [0.25, 0.3) is 0 Å². The van der Waals surface area contributed by atoms with Crippen LogP contribution in [0.4, 0.5) is 0 Å². The Morgan fingerprint density at radius 2 is 2.04 bits per heavy atom. The molecule has 25 heavy (non-hydrogen) atoms. The van der Waals surface area contributed by atoms with Crippen LogP contribution in [-0.2, 0) is 9.53 Å². The van der Waals surface area contributed by atoms with Gasteiger partial charge in [0.1, 0.15) is 6.10 Å². The molecule has 0 bridgehead atoms. The molecule has 0 saturated carbocycles. The second-order valence-corrected chi connectivity index (χ2v) is 7.83. The van der Waals surface area contributed by atoms with Crippen LogP contribution in [0.2, 0.25) is 0 Å². The zero-order valence-corrected chi connectivity index (χ0v) is 16.8. The van der Waals surface area contributed by atoms with Gasteiger partial charge in [0.25, 0.3) is 0 Å². The number of allylic oxidation sites excluding steroid dienone is 3. The van der Waals surface area contributed by atoms with E-state index < -0.39 is 6.10 Å². The Morgan fingerprint density at radius 1 is 1.36 bits per heavy atom. The lowest BCUT2D eigenvalue weighted by Crippen LogP contribution is -2.31. The van der Waals surface area contributed by atoms with Crippen molar-refractivity contribution in [2.75, 3.05) is 0 Å².